The molecule has 0 saturated heterocycles. The van der Waals surface area contributed by atoms with Crippen molar-refractivity contribution in [2.24, 2.45) is 0 Å². The summed E-state index contributed by atoms with van der Waals surface area (Å²) in [7, 11) is 1.61. The van der Waals surface area contributed by atoms with Gasteiger partial charge in [-0.25, -0.2) is 15.0 Å². The number of aromatic amines is 2. The Balaban J connectivity index is 1.51. The van der Waals surface area contributed by atoms with Gasteiger partial charge in [0.25, 0.3) is 0 Å². The highest BCUT2D eigenvalue weighted by molar-refractivity contribution is 5.81. The molecule has 0 bridgehead atoms. The number of hydrogen-bond donors (Lipinski definition) is 2. The average molecular weight is 506 g/mol. The van der Waals surface area contributed by atoms with E-state index in [-0.39, 0.29) is 11.5 Å². The molecule has 1 unspecified atom stereocenters. The minimum Gasteiger partial charge on any atom is -0.372 e. The molecule has 5 rings (SSSR count). The van der Waals surface area contributed by atoms with E-state index in [1.54, 1.807) is 25.4 Å². The Labute approximate surface area is 212 Å². The van der Waals surface area contributed by atoms with Crippen molar-refractivity contribution in [3.05, 3.63) is 89.0 Å². The lowest BCUT2D eigenvalue weighted by molar-refractivity contribution is -0.141. The first-order valence-corrected chi connectivity index (χ1v) is 11.9. The third-order valence-corrected chi connectivity index (χ3v) is 6.43. The molecule has 0 amide bonds. The van der Waals surface area contributed by atoms with Gasteiger partial charge in [-0.3, -0.25) is 0 Å². The fourth-order valence-electron chi connectivity index (χ4n) is 4.60. The number of halogens is 3. The summed E-state index contributed by atoms with van der Waals surface area (Å²) in [6.45, 7) is 5.64. The quantitative estimate of drug-likeness (QED) is 0.256. The summed E-state index contributed by atoms with van der Waals surface area (Å²) in [5.74, 6) is 1.12. The Bertz CT molecular complexity index is 1550. The zero-order valence-corrected chi connectivity index (χ0v) is 20.8. The fourth-order valence-corrected chi connectivity index (χ4v) is 4.60. The van der Waals surface area contributed by atoms with Crippen LogP contribution in [0.3, 0.4) is 0 Å². The number of H-pyrrole nitrogens is 2. The van der Waals surface area contributed by atoms with Crippen LogP contribution < -0.4 is 0 Å². The van der Waals surface area contributed by atoms with Crippen LogP contribution in [0.15, 0.2) is 60.9 Å². The Morgan fingerprint density at radius 2 is 1.68 bits per heavy atom. The van der Waals surface area contributed by atoms with Crippen LogP contribution in [-0.2, 0) is 10.9 Å². The van der Waals surface area contributed by atoms with Crippen LogP contribution in [0, 0.1) is 6.92 Å². The molecule has 2 aromatic carbocycles. The van der Waals surface area contributed by atoms with Crippen LogP contribution in [0.25, 0.3) is 33.8 Å². The molecule has 6 nitrogen and oxygen atoms in total. The number of aromatic nitrogens is 5. The van der Waals surface area contributed by atoms with E-state index in [9.17, 15) is 13.2 Å². The maximum absolute atomic E-state index is 13.2. The van der Waals surface area contributed by atoms with Gasteiger partial charge in [0.1, 0.15) is 11.9 Å². The van der Waals surface area contributed by atoms with Gasteiger partial charge in [0.05, 0.1) is 17.2 Å². The Hall–Kier alpha value is -3.98. The molecule has 0 aliphatic carbocycles. The highest BCUT2D eigenvalue weighted by Gasteiger charge is 2.36. The van der Waals surface area contributed by atoms with Crippen LogP contribution in [0.5, 0.6) is 0 Å². The molecule has 0 fully saturated rings. The van der Waals surface area contributed by atoms with Crippen molar-refractivity contribution in [3.8, 4) is 22.8 Å². The predicted octanol–water partition coefficient (Wildman–Crippen LogP) is 7.20. The molecule has 2 N–H and O–H groups in total. The Morgan fingerprint density at radius 1 is 0.946 bits per heavy atom. The molecule has 0 radical (unpaired) electrons. The summed E-state index contributed by atoms with van der Waals surface area (Å²) in [4.78, 5) is 19.2. The second kappa shape index (κ2) is 9.48. The van der Waals surface area contributed by atoms with Crippen molar-refractivity contribution in [3.63, 3.8) is 0 Å². The molecule has 3 aromatic heterocycles. The minimum atomic E-state index is -4.51. The monoisotopic (exact) mass is 505 g/mol. The summed E-state index contributed by atoms with van der Waals surface area (Å²) in [5.41, 5.74) is 4.96. The van der Waals surface area contributed by atoms with Gasteiger partial charge in [-0.1, -0.05) is 62.4 Å². The number of nitrogens with one attached hydrogen (secondary N) is 2. The zero-order valence-electron chi connectivity index (χ0n) is 20.8. The summed E-state index contributed by atoms with van der Waals surface area (Å²) < 4.78 is 45.3. The maximum Gasteiger partial charge on any atom is 0.435 e. The highest BCUT2D eigenvalue weighted by atomic mass is 19.4. The standard InChI is InChI=1S/C28H26F3N5O/c1-15(2)19-7-5-6-8-20(19)27-33-14-22-23(35-27)21(13-32-22)24(37-4)17-9-11-18(12-10-17)26-34-16(3)25(36-26)28(29,30)31/h5-15,24,32H,1-4H3,(H,34,36). The van der Waals surface area contributed by atoms with Crippen LogP contribution in [0.1, 0.15) is 53.9 Å². The number of hydrogen-bond acceptors (Lipinski definition) is 4. The number of alkyl halides is 3. The van der Waals surface area contributed by atoms with Gasteiger partial charge in [-0.05, 0) is 24.0 Å². The lowest BCUT2D eigenvalue weighted by Gasteiger charge is -2.16. The fraction of sp³-hybridized carbons (Fsp3) is 0.250. The SMILES string of the molecule is COC(c1ccc(-c2nc(C(F)(F)F)c(C)[nH]2)cc1)c1c[nH]c2cnc(-c3ccccc3C(C)C)nc12. The van der Waals surface area contributed by atoms with Gasteiger partial charge in [0.2, 0.25) is 0 Å². The number of benzene rings is 2. The number of aryl methyl sites for hydroxylation is 1. The molecular weight excluding hydrogens is 479 g/mol. The molecule has 9 heteroatoms. The molecule has 37 heavy (non-hydrogen) atoms. The van der Waals surface area contributed by atoms with E-state index < -0.39 is 18.0 Å². The van der Waals surface area contributed by atoms with E-state index in [4.69, 9.17) is 9.72 Å². The lowest BCUT2D eigenvalue weighted by Crippen LogP contribution is -2.07. The number of rotatable bonds is 6. The first kappa shape index (κ1) is 24.7. The van der Waals surface area contributed by atoms with Gasteiger partial charge >= 0.3 is 6.18 Å². The van der Waals surface area contributed by atoms with E-state index in [0.717, 1.165) is 27.7 Å². The first-order chi connectivity index (χ1) is 17.7. The van der Waals surface area contributed by atoms with Crippen molar-refractivity contribution in [1.82, 2.24) is 24.9 Å². The van der Waals surface area contributed by atoms with Gasteiger partial charge in [-0.15, -0.1) is 0 Å². The molecule has 3 heterocycles. The topological polar surface area (TPSA) is 79.5 Å². The van der Waals surface area contributed by atoms with Crippen LogP contribution in [0.4, 0.5) is 13.2 Å². The first-order valence-electron chi connectivity index (χ1n) is 11.9. The second-order valence-corrected chi connectivity index (χ2v) is 9.24. The van der Waals surface area contributed by atoms with E-state index in [0.29, 0.717) is 17.3 Å². The molecular formula is C28H26F3N5O. The van der Waals surface area contributed by atoms with Crippen molar-refractivity contribution in [2.45, 2.75) is 39.0 Å². The van der Waals surface area contributed by atoms with E-state index in [2.05, 4.69) is 39.8 Å². The van der Waals surface area contributed by atoms with Gasteiger partial charge in [0.15, 0.2) is 11.5 Å². The third kappa shape index (κ3) is 4.62. The number of imidazole rings is 1. The van der Waals surface area contributed by atoms with Crippen molar-refractivity contribution >= 4 is 11.0 Å². The summed E-state index contributed by atoms with van der Waals surface area (Å²) in [6.07, 6.45) is -1.34. The molecule has 1 atom stereocenters. The summed E-state index contributed by atoms with van der Waals surface area (Å²) in [6, 6.07) is 15.2. The minimum absolute atomic E-state index is 0.0188. The number of fused-ring (bicyclic) bond motifs is 1. The normalized spacial score (nSPS) is 13.0. The largest absolute Gasteiger partial charge is 0.435 e. The van der Waals surface area contributed by atoms with Gasteiger partial charge in [0, 0.05) is 35.7 Å². The Morgan fingerprint density at radius 3 is 2.32 bits per heavy atom. The molecule has 0 spiro atoms. The number of nitrogens with zero attached hydrogens (tertiary/aromatic N) is 3. The van der Waals surface area contributed by atoms with Crippen molar-refractivity contribution in [2.75, 3.05) is 7.11 Å². The number of methoxy groups -OCH3 is 1. The van der Waals surface area contributed by atoms with E-state index >= 15 is 0 Å². The van der Waals surface area contributed by atoms with Gasteiger partial charge in [-0.2, -0.15) is 13.2 Å². The van der Waals surface area contributed by atoms with Gasteiger partial charge < -0.3 is 14.7 Å². The maximum atomic E-state index is 13.2. The van der Waals surface area contributed by atoms with Crippen molar-refractivity contribution < 1.29 is 17.9 Å². The highest BCUT2D eigenvalue weighted by Crippen LogP contribution is 2.35. The van der Waals surface area contributed by atoms with Crippen molar-refractivity contribution in [1.29, 1.82) is 0 Å². The van der Waals surface area contributed by atoms with Crippen LogP contribution in [0.2, 0.25) is 0 Å². The molecule has 0 aliphatic heterocycles. The predicted molar refractivity (Wildman–Crippen MR) is 136 cm³/mol. The zero-order chi connectivity index (χ0) is 26.3. The third-order valence-electron chi connectivity index (χ3n) is 6.43. The Kier molecular flexibility index (Phi) is 6.33. The average Bonchev–Trinajstić information content (AvgIpc) is 3.48. The molecule has 5 aromatic rings. The second-order valence-electron chi connectivity index (χ2n) is 9.24. The molecule has 190 valence electrons. The van der Waals surface area contributed by atoms with Crippen LogP contribution in [-0.4, -0.2) is 32.0 Å². The molecule has 0 aliphatic rings. The lowest BCUT2D eigenvalue weighted by atomic mass is 9.96. The van der Waals surface area contributed by atoms with E-state index in [1.165, 1.54) is 12.5 Å². The summed E-state index contributed by atoms with van der Waals surface area (Å²) >= 11 is 0. The van der Waals surface area contributed by atoms with E-state index in [1.807, 2.05) is 36.5 Å². The molecule has 0 saturated carbocycles. The number of ether oxygens (including phenoxy) is 1. The van der Waals surface area contributed by atoms with Crippen LogP contribution >= 0.6 is 0 Å². The smallest absolute Gasteiger partial charge is 0.372 e. The summed E-state index contributed by atoms with van der Waals surface area (Å²) in [5, 5.41) is 0.